The molecule has 0 heterocycles. The topological polar surface area (TPSA) is 26.0 Å². The minimum atomic E-state index is 0.405. The Kier molecular flexibility index (Phi) is 6.27. The van der Waals surface area contributed by atoms with Gasteiger partial charge in [0.1, 0.15) is 0 Å². The summed E-state index contributed by atoms with van der Waals surface area (Å²) in [7, 11) is 0. The molecule has 0 radical (unpaired) electrons. The van der Waals surface area contributed by atoms with E-state index >= 15 is 0 Å². The van der Waals surface area contributed by atoms with Gasteiger partial charge in [-0.15, -0.1) is 0 Å². The van der Waals surface area contributed by atoms with Crippen LogP contribution in [0.2, 0.25) is 0 Å². The Hall–Kier alpha value is 0.660. The van der Waals surface area contributed by atoms with E-state index in [0.29, 0.717) is 11.8 Å². The molecule has 0 fully saturated rings. The molecule has 0 spiro atoms. The van der Waals surface area contributed by atoms with Crippen molar-refractivity contribution < 1.29 is 0 Å². The van der Waals surface area contributed by atoms with Crippen molar-refractivity contribution in [3.63, 3.8) is 0 Å². The van der Waals surface area contributed by atoms with Crippen LogP contribution in [0.5, 0.6) is 0 Å². The molecular formula is C5H13NS2. The molecule has 0 unspecified atom stereocenters. The highest BCUT2D eigenvalue weighted by molar-refractivity contribution is 7.98. The third-order valence-corrected chi connectivity index (χ3v) is 2.04. The zero-order chi connectivity index (χ0) is 6.41. The Morgan fingerprint density at radius 3 is 2.75 bits per heavy atom. The fourth-order valence-corrected chi connectivity index (χ4v) is 1.20. The minimum Gasteiger partial charge on any atom is -0.329 e. The lowest BCUT2D eigenvalue weighted by molar-refractivity contribution is 0.841. The zero-order valence-corrected chi connectivity index (χ0v) is 6.84. The van der Waals surface area contributed by atoms with Crippen LogP contribution < -0.4 is 5.73 Å². The molecule has 8 heavy (non-hydrogen) atoms. The first kappa shape index (κ1) is 8.66. The lowest BCUT2D eigenvalue weighted by Gasteiger charge is -2.03. The molecule has 3 heteroatoms. The van der Waals surface area contributed by atoms with Gasteiger partial charge in [0.25, 0.3) is 0 Å². The fourth-order valence-electron chi connectivity index (χ4n) is 0.372. The Morgan fingerprint density at radius 2 is 2.38 bits per heavy atom. The van der Waals surface area contributed by atoms with Crippen LogP contribution in [0.1, 0.15) is 6.42 Å². The Balaban J connectivity index is 2.86. The summed E-state index contributed by atoms with van der Waals surface area (Å²) in [6.07, 6.45) is 3.22. The third kappa shape index (κ3) is 4.81. The summed E-state index contributed by atoms with van der Waals surface area (Å²) in [5, 5.41) is 0.405. The molecule has 0 aliphatic carbocycles. The van der Waals surface area contributed by atoms with Crippen molar-refractivity contribution in [2.75, 3.05) is 18.6 Å². The van der Waals surface area contributed by atoms with Crippen LogP contribution in [0.3, 0.4) is 0 Å². The van der Waals surface area contributed by atoms with E-state index in [1.165, 1.54) is 5.75 Å². The van der Waals surface area contributed by atoms with Gasteiger partial charge in [0, 0.05) is 11.8 Å². The second kappa shape index (κ2) is 5.79. The van der Waals surface area contributed by atoms with E-state index in [4.69, 9.17) is 5.73 Å². The summed E-state index contributed by atoms with van der Waals surface area (Å²) >= 11 is 6.07. The molecule has 0 aliphatic rings. The van der Waals surface area contributed by atoms with Gasteiger partial charge in [0.15, 0.2) is 0 Å². The number of nitrogens with two attached hydrogens (primary N) is 1. The molecule has 0 rings (SSSR count). The molecule has 0 amide bonds. The van der Waals surface area contributed by atoms with Gasteiger partial charge in [-0.25, -0.2) is 0 Å². The van der Waals surface area contributed by atoms with Crippen LogP contribution in [0.15, 0.2) is 0 Å². The molecule has 0 aromatic heterocycles. The van der Waals surface area contributed by atoms with Crippen LogP contribution in [0.4, 0.5) is 0 Å². The first-order chi connectivity index (χ1) is 3.81. The maximum atomic E-state index is 5.33. The van der Waals surface area contributed by atoms with E-state index in [0.717, 1.165) is 6.42 Å². The van der Waals surface area contributed by atoms with Gasteiger partial charge in [-0.3, -0.25) is 0 Å². The van der Waals surface area contributed by atoms with Gasteiger partial charge in [-0.05, 0) is 18.4 Å². The van der Waals surface area contributed by atoms with Crippen molar-refractivity contribution in [3.05, 3.63) is 0 Å². The molecule has 0 aliphatic heterocycles. The number of rotatable bonds is 4. The lowest BCUT2D eigenvalue weighted by atomic mass is 10.3. The highest BCUT2D eigenvalue weighted by atomic mass is 32.2. The monoisotopic (exact) mass is 151 g/mol. The fraction of sp³-hybridized carbons (Fsp3) is 1.00. The van der Waals surface area contributed by atoms with E-state index in [1.54, 1.807) is 0 Å². The van der Waals surface area contributed by atoms with E-state index < -0.39 is 0 Å². The highest BCUT2D eigenvalue weighted by Gasteiger charge is 1.96. The van der Waals surface area contributed by atoms with Crippen LogP contribution >= 0.6 is 24.4 Å². The first-order valence-corrected chi connectivity index (χ1v) is 4.59. The molecule has 2 N–H and O–H groups in total. The number of thiol groups is 1. The standard InChI is InChI=1S/C5H13NS2/c1-8-3-2-5(7)4-6/h5,7H,2-4,6H2,1H3/t5-/m0/s1. The first-order valence-electron chi connectivity index (χ1n) is 2.68. The summed E-state index contributed by atoms with van der Waals surface area (Å²) in [6.45, 7) is 0.698. The molecular weight excluding hydrogens is 138 g/mol. The molecule has 1 nitrogen and oxygen atoms in total. The van der Waals surface area contributed by atoms with Crippen molar-refractivity contribution in [2.24, 2.45) is 5.73 Å². The normalized spacial score (nSPS) is 13.9. The van der Waals surface area contributed by atoms with Gasteiger partial charge in [-0.1, -0.05) is 0 Å². The van der Waals surface area contributed by atoms with Gasteiger partial charge >= 0.3 is 0 Å². The van der Waals surface area contributed by atoms with Gasteiger partial charge in [-0.2, -0.15) is 24.4 Å². The molecule has 0 aromatic carbocycles. The quantitative estimate of drug-likeness (QED) is 0.586. The summed E-state index contributed by atoms with van der Waals surface area (Å²) in [4.78, 5) is 0. The average molecular weight is 151 g/mol. The summed E-state index contributed by atoms with van der Waals surface area (Å²) in [6, 6.07) is 0. The van der Waals surface area contributed by atoms with E-state index in [-0.39, 0.29) is 0 Å². The zero-order valence-electron chi connectivity index (χ0n) is 5.13. The van der Waals surface area contributed by atoms with Crippen LogP contribution in [0.25, 0.3) is 0 Å². The highest BCUT2D eigenvalue weighted by Crippen LogP contribution is 2.03. The smallest absolute Gasteiger partial charge is 0.0147 e. The number of hydrogen-bond donors (Lipinski definition) is 2. The van der Waals surface area contributed by atoms with E-state index in [2.05, 4.69) is 18.9 Å². The molecule has 0 bridgehead atoms. The molecule has 0 aromatic rings. The second-order valence-electron chi connectivity index (χ2n) is 1.67. The van der Waals surface area contributed by atoms with Crippen molar-refractivity contribution in [2.45, 2.75) is 11.7 Å². The molecule has 1 atom stereocenters. The molecule has 0 saturated carbocycles. The Morgan fingerprint density at radius 1 is 1.75 bits per heavy atom. The summed E-state index contributed by atoms with van der Waals surface area (Å²) in [5.41, 5.74) is 5.33. The average Bonchev–Trinajstić information content (AvgIpc) is 1.83. The maximum Gasteiger partial charge on any atom is 0.0147 e. The molecule has 0 saturated heterocycles. The van der Waals surface area contributed by atoms with E-state index in [9.17, 15) is 0 Å². The maximum absolute atomic E-state index is 5.33. The molecule has 50 valence electrons. The third-order valence-electron chi connectivity index (χ3n) is 0.927. The van der Waals surface area contributed by atoms with Crippen LogP contribution in [-0.4, -0.2) is 23.8 Å². The van der Waals surface area contributed by atoms with Crippen LogP contribution in [0, 0.1) is 0 Å². The van der Waals surface area contributed by atoms with Gasteiger partial charge in [0.2, 0.25) is 0 Å². The lowest BCUT2D eigenvalue weighted by Crippen LogP contribution is -2.14. The predicted molar refractivity (Wildman–Crippen MR) is 44.8 cm³/mol. The second-order valence-corrected chi connectivity index (χ2v) is 3.39. The van der Waals surface area contributed by atoms with Gasteiger partial charge in [0.05, 0.1) is 0 Å². The summed E-state index contributed by atoms with van der Waals surface area (Å²) < 4.78 is 0. The predicted octanol–water partition coefficient (Wildman–Crippen LogP) is 0.997. The summed E-state index contributed by atoms with van der Waals surface area (Å²) in [5.74, 6) is 1.17. The number of thioether (sulfide) groups is 1. The SMILES string of the molecule is CSCC[C@H](S)CN. The largest absolute Gasteiger partial charge is 0.329 e. The van der Waals surface area contributed by atoms with Crippen molar-refractivity contribution in [1.29, 1.82) is 0 Å². The van der Waals surface area contributed by atoms with Crippen molar-refractivity contribution >= 4 is 24.4 Å². The Labute approximate surface area is 60.8 Å². The van der Waals surface area contributed by atoms with Crippen molar-refractivity contribution in [1.82, 2.24) is 0 Å². The van der Waals surface area contributed by atoms with Crippen LogP contribution in [-0.2, 0) is 0 Å². The van der Waals surface area contributed by atoms with Crippen molar-refractivity contribution in [3.8, 4) is 0 Å². The van der Waals surface area contributed by atoms with Gasteiger partial charge < -0.3 is 5.73 Å². The minimum absolute atomic E-state index is 0.405. The number of hydrogen-bond acceptors (Lipinski definition) is 3. The Bertz CT molecular complexity index is 49.7. The van der Waals surface area contributed by atoms with E-state index in [1.807, 2.05) is 11.8 Å².